The maximum absolute atomic E-state index is 12.6. The summed E-state index contributed by atoms with van der Waals surface area (Å²) < 4.78 is 28.3. The third kappa shape index (κ3) is 5.70. The molecule has 1 N–H and O–H groups in total. The normalized spacial score (nSPS) is 15.0. The molecule has 28 heavy (non-hydrogen) atoms. The van der Waals surface area contributed by atoms with E-state index in [4.69, 9.17) is 4.74 Å². The van der Waals surface area contributed by atoms with Crippen molar-refractivity contribution in [3.8, 4) is 11.5 Å². The van der Waals surface area contributed by atoms with Crippen molar-refractivity contribution in [3.63, 3.8) is 0 Å². The Hall–Kier alpha value is -2.60. The van der Waals surface area contributed by atoms with Crippen LogP contribution in [0.15, 0.2) is 60.0 Å². The molecule has 5 nitrogen and oxygen atoms in total. The number of para-hydroxylation sites is 1. The molecule has 2 aromatic carbocycles. The van der Waals surface area contributed by atoms with Gasteiger partial charge in [0.25, 0.3) is 5.91 Å². The molecule has 1 amide bonds. The van der Waals surface area contributed by atoms with E-state index in [1.165, 1.54) is 24.5 Å². The first kappa shape index (κ1) is 20.1. The number of amides is 1. The number of hydrogen-bond acceptors (Lipinski definition) is 4. The van der Waals surface area contributed by atoms with Gasteiger partial charge in [-0.3, -0.25) is 4.79 Å². The zero-order valence-electron chi connectivity index (χ0n) is 15.9. The minimum absolute atomic E-state index is 0.126. The van der Waals surface area contributed by atoms with Gasteiger partial charge in [-0.05, 0) is 48.6 Å². The third-order valence-electron chi connectivity index (χ3n) is 4.77. The van der Waals surface area contributed by atoms with E-state index in [1.807, 2.05) is 42.5 Å². The van der Waals surface area contributed by atoms with Gasteiger partial charge in [0.2, 0.25) is 0 Å². The van der Waals surface area contributed by atoms with Crippen LogP contribution >= 0.6 is 0 Å². The van der Waals surface area contributed by atoms with Crippen molar-refractivity contribution in [3.05, 3.63) is 71.1 Å². The average molecular weight is 400 g/mol. The smallest absolute Gasteiger partial charge is 0.255 e. The third-order valence-corrected chi connectivity index (χ3v) is 5.46. The Morgan fingerprint density at radius 1 is 1.14 bits per heavy atom. The van der Waals surface area contributed by atoms with Crippen LogP contribution in [0.2, 0.25) is 0 Å². The van der Waals surface area contributed by atoms with E-state index >= 15 is 0 Å². The topological polar surface area (TPSA) is 72.5 Å². The van der Waals surface area contributed by atoms with Crippen molar-refractivity contribution in [1.82, 2.24) is 5.32 Å². The lowest BCUT2D eigenvalue weighted by Crippen LogP contribution is -2.24. The highest BCUT2D eigenvalue weighted by atomic mass is 32.2. The highest BCUT2D eigenvalue weighted by Crippen LogP contribution is 2.37. The standard InChI is InChI=1S/C22H25NO4S/c1-28(25,26)15-7-14-23-22(24)20-13-12-18(17-8-5-6-9-17)16-21(20)27-19-10-3-2-4-11-19/h2-4,7,10-13,15-17H,5-6,8-9,14H2,1H3,(H,23,24)/b15-7+. The molecule has 2 aromatic rings. The molecule has 0 saturated heterocycles. The Morgan fingerprint density at radius 2 is 1.86 bits per heavy atom. The van der Waals surface area contributed by atoms with E-state index in [9.17, 15) is 13.2 Å². The van der Waals surface area contributed by atoms with E-state index in [2.05, 4.69) is 5.32 Å². The van der Waals surface area contributed by atoms with Crippen molar-refractivity contribution in [2.45, 2.75) is 31.6 Å². The SMILES string of the molecule is CS(=O)(=O)/C=C/CNC(=O)c1ccc(C2CCCC2)cc1Oc1ccccc1. The van der Waals surface area contributed by atoms with Gasteiger partial charge in [0.15, 0.2) is 9.84 Å². The average Bonchev–Trinajstić information content (AvgIpc) is 3.20. The highest BCUT2D eigenvalue weighted by Gasteiger charge is 2.20. The highest BCUT2D eigenvalue weighted by molar-refractivity contribution is 7.93. The first-order valence-corrected chi connectivity index (χ1v) is 11.4. The summed E-state index contributed by atoms with van der Waals surface area (Å²) in [4.78, 5) is 12.6. The molecule has 0 unspecified atom stereocenters. The zero-order valence-corrected chi connectivity index (χ0v) is 16.7. The number of ether oxygens (including phenoxy) is 1. The molecule has 3 rings (SSSR count). The van der Waals surface area contributed by atoms with E-state index in [0.29, 0.717) is 23.0 Å². The number of carbonyl (C=O) groups excluding carboxylic acids is 1. The van der Waals surface area contributed by atoms with E-state index in [1.54, 1.807) is 6.07 Å². The van der Waals surface area contributed by atoms with Gasteiger partial charge < -0.3 is 10.1 Å². The van der Waals surface area contributed by atoms with Gasteiger partial charge in [-0.2, -0.15) is 0 Å². The van der Waals surface area contributed by atoms with Gasteiger partial charge in [-0.1, -0.05) is 43.2 Å². The van der Waals surface area contributed by atoms with Gasteiger partial charge >= 0.3 is 0 Å². The number of carbonyl (C=O) groups is 1. The van der Waals surface area contributed by atoms with Crippen LogP contribution in [-0.2, 0) is 9.84 Å². The Bertz CT molecular complexity index is 946. The van der Waals surface area contributed by atoms with E-state index < -0.39 is 9.84 Å². The zero-order chi connectivity index (χ0) is 20.0. The van der Waals surface area contributed by atoms with Crippen molar-refractivity contribution >= 4 is 15.7 Å². The Labute approximate surface area is 166 Å². The van der Waals surface area contributed by atoms with Gasteiger partial charge in [0.1, 0.15) is 11.5 Å². The molecule has 0 aliphatic heterocycles. The van der Waals surface area contributed by atoms with Crippen LogP contribution < -0.4 is 10.1 Å². The molecule has 0 radical (unpaired) electrons. The summed E-state index contributed by atoms with van der Waals surface area (Å²) >= 11 is 0. The monoisotopic (exact) mass is 399 g/mol. The molecule has 0 bridgehead atoms. The molecular weight excluding hydrogens is 374 g/mol. The molecule has 148 valence electrons. The minimum Gasteiger partial charge on any atom is -0.457 e. The van der Waals surface area contributed by atoms with Gasteiger partial charge in [0, 0.05) is 18.2 Å². The quantitative estimate of drug-likeness (QED) is 0.748. The summed E-state index contributed by atoms with van der Waals surface area (Å²) in [7, 11) is -3.21. The molecule has 1 fully saturated rings. The van der Waals surface area contributed by atoms with Crippen LogP contribution in [0.1, 0.15) is 47.5 Å². The van der Waals surface area contributed by atoms with Crippen LogP contribution in [0.5, 0.6) is 11.5 Å². The number of nitrogens with one attached hydrogen (secondary N) is 1. The lowest BCUT2D eigenvalue weighted by Gasteiger charge is -2.15. The Balaban J connectivity index is 1.81. The summed E-state index contributed by atoms with van der Waals surface area (Å²) in [5.74, 6) is 1.38. The van der Waals surface area contributed by atoms with Crippen molar-refractivity contribution in [1.29, 1.82) is 0 Å². The molecule has 1 saturated carbocycles. The fraction of sp³-hybridized carbons (Fsp3) is 0.318. The fourth-order valence-electron chi connectivity index (χ4n) is 3.41. The van der Waals surface area contributed by atoms with Crippen LogP contribution in [-0.4, -0.2) is 27.1 Å². The summed E-state index contributed by atoms with van der Waals surface area (Å²) in [5, 5.41) is 3.80. The van der Waals surface area contributed by atoms with Crippen molar-refractivity contribution in [2.75, 3.05) is 12.8 Å². The predicted molar refractivity (Wildman–Crippen MR) is 110 cm³/mol. The number of benzene rings is 2. The predicted octanol–water partition coefficient (Wildman–Crippen LogP) is 4.42. The summed E-state index contributed by atoms with van der Waals surface area (Å²) in [6, 6.07) is 15.1. The maximum Gasteiger partial charge on any atom is 0.255 e. The first-order chi connectivity index (χ1) is 13.4. The van der Waals surface area contributed by atoms with Gasteiger partial charge in [-0.25, -0.2) is 8.42 Å². The molecule has 0 heterocycles. The van der Waals surface area contributed by atoms with Crippen LogP contribution in [0.25, 0.3) is 0 Å². The summed E-state index contributed by atoms with van der Waals surface area (Å²) in [5.41, 5.74) is 1.62. The minimum atomic E-state index is -3.21. The van der Waals surface area contributed by atoms with E-state index in [-0.39, 0.29) is 12.5 Å². The largest absolute Gasteiger partial charge is 0.457 e. The second kappa shape index (κ2) is 9.06. The second-order valence-corrected chi connectivity index (χ2v) is 8.99. The molecule has 6 heteroatoms. The number of hydrogen-bond donors (Lipinski definition) is 1. The lowest BCUT2D eigenvalue weighted by molar-refractivity contribution is 0.0955. The molecule has 0 aromatic heterocycles. The van der Waals surface area contributed by atoms with Crippen LogP contribution in [0, 0.1) is 0 Å². The Morgan fingerprint density at radius 3 is 2.54 bits per heavy atom. The maximum atomic E-state index is 12.6. The first-order valence-electron chi connectivity index (χ1n) is 9.44. The van der Waals surface area contributed by atoms with Crippen LogP contribution in [0.3, 0.4) is 0 Å². The van der Waals surface area contributed by atoms with Crippen molar-refractivity contribution in [2.24, 2.45) is 0 Å². The summed E-state index contributed by atoms with van der Waals surface area (Å²) in [6.07, 6.45) is 7.30. The van der Waals surface area contributed by atoms with E-state index in [0.717, 1.165) is 24.5 Å². The fourth-order valence-corrected chi connectivity index (χ4v) is 3.86. The Kier molecular flexibility index (Phi) is 6.52. The lowest BCUT2D eigenvalue weighted by atomic mass is 9.96. The summed E-state index contributed by atoms with van der Waals surface area (Å²) in [6.45, 7) is 0.126. The van der Waals surface area contributed by atoms with Gasteiger partial charge in [-0.15, -0.1) is 0 Å². The molecule has 1 aliphatic rings. The molecule has 0 atom stereocenters. The number of rotatable bonds is 7. The molecule has 1 aliphatic carbocycles. The van der Waals surface area contributed by atoms with Crippen LogP contribution in [0.4, 0.5) is 0 Å². The van der Waals surface area contributed by atoms with Gasteiger partial charge in [0.05, 0.1) is 5.56 Å². The molecular formula is C22H25NO4S. The number of sulfone groups is 1. The second-order valence-electron chi connectivity index (χ2n) is 7.06. The molecule has 0 spiro atoms. The van der Waals surface area contributed by atoms with Crippen molar-refractivity contribution < 1.29 is 17.9 Å².